The number of carboxylic acids is 1. The van der Waals surface area contributed by atoms with Crippen molar-refractivity contribution >= 4 is 33.3 Å². The molecule has 3 N–H and O–H groups in total. The zero-order valence-corrected chi connectivity index (χ0v) is 12.5. The molecule has 0 radical (unpaired) electrons. The fourth-order valence-corrected chi connectivity index (χ4v) is 3.87. The van der Waals surface area contributed by atoms with Gasteiger partial charge in [-0.15, -0.1) is 0 Å². The molecule has 1 aromatic carbocycles. The van der Waals surface area contributed by atoms with Gasteiger partial charge in [-0.2, -0.15) is 0 Å². The summed E-state index contributed by atoms with van der Waals surface area (Å²) in [7, 11) is -3.86. The molecule has 0 aliphatic carbocycles. The Kier molecular flexibility index (Phi) is 4.77. The third kappa shape index (κ3) is 3.49. The standard InChI is InChI=1S/C12H14ClNO5S/c1-6(11(14)15)5-20(18,19)10-4-8(13)3-9(7(10)2)12(16)17/h3-4,6H,5H2,1-2H3,(H2,14,15)(H,16,17). The normalized spacial score (nSPS) is 12.9. The number of carbonyl (C=O) groups is 2. The number of amides is 1. The lowest BCUT2D eigenvalue weighted by Gasteiger charge is -2.13. The average Bonchev–Trinajstić information content (AvgIpc) is 2.30. The molecule has 8 heteroatoms. The van der Waals surface area contributed by atoms with Crippen molar-refractivity contribution in [3.05, 3.63) is 28.3 Å². The molecular formula is C12H14ClNO5S. The first-order valence-electron chi connectivity index (χ1n) is 5.61. The van der Waals surface area contributed by atoms with Crippen LogP contribution in [0.2, 0.25) is 5.02 Å². The topological polar surface area (TPSA) is 115 Å². The van der Waals surface area contributed by atoms with E-state index in [0.29, 0.717) is 0 Å². The Balaban J connectivity index is 3.39. The summed E-state index contributed by atoms with van der Waals surface area (Å²) < 4.78 is 24.5. The van der Waals surface area contributed by atoms with Crippen LogP contribution < -0.4 is 5.73 Å². The first kappa shape index (κ1) is 16.5. The highest BCUT2D eigenvalue weighted by Crippen LogP contribution is 2.26. The Morgan fingerprint density at radius 1 is 1.40 bits per heavy atom. The Morgan fingerprint density at radius 2 is 1.95 bits per heavy atom. The summed E-state index contributed by atoms with van der Waals surface area (Å²) in [6.07, 6.45) is 0. The van der Waals surface area contributed by atoms with E-state index in [1.54, 1.807) is 0 Å². The summed E-state index contributed by atoms with van der Waals surface area (Å²) in [5.41, 5.74) is 4.93. The zero-order valence-electron chi connectivity index (χ0n) is 10.9. The van der Waals surface area contributed by atoms with Crippen LogP contribution in [0.5, 0.6) is 0 Å². The fourth-order valence-electron chi connectivity index (χ4n) is 1.70. The van der Waals surface area contributed by atoms with E-state index in [0.717, 1.165) is 0 Å². The van der Waals surface area contributed by atoms with Crippen LogP contribution in [0, 0.1) is 12.8 Å². The number of hydrogen-bond acceptors (Lipinski definition) is 4. The number of carbonyl (C=O) groups excluding carboxylic acids is 1. The van der Waals surface area contributed by atoms with E-state index in [2.05, 4.69) is 0 Å². The summed E-state index contributed by atoms with van der Waals surface area (Å²) in [6, 6.07) is 2.35. The SMILES string of the molecule is Cc1c(C(=O)O)cc(Cl)cc1S(=O)(=O)CC(C)C(N)=O. The molecule has 0 heterocycles. The molecular weight excluding hydrogens is 306 g/mol. The molecule has 0 aromatic heterocycles. The number of sulfone groups is 1. The lowest BCUT2D eigenvalue weighted by Crippen LogP contribution is -2.27. The number of rotatable bonds is 5. The highest BCUT2D eigenvalue weighted by Gasteiger charge is 2.26. The minimum absolute atomic E-state index is 0.00157. The van der Waals surface area contributed by atoms with Crippen LogP contribution in [0.15, 0.2) is 17.0 Å². The number of carboxylic acid groups (broad SMARTS) is 1. The van der Waals surface area contributed by atoms with Crippen molar-refractivity contribution < 1.29 is 23.1 Å². The van der Waals surface area contributed by atoms with Crippen molar-refractivity contribution in [2.75, 3.05) is 5.75 Å². The van der Waals surface area contributed by atoms with Gasteiger partial charge in [0.15, 0.2) is 9.84 Å². The Morgan fingerprint density at radius 3 is 2.40 bits per heavy atom. The smallest absolute Gasteiger partial charge is 0.336 e. The van der Waals surface area contributed by atoms with Gasteiger partial charge in [0.25, 0.3) is 0 Å². The van der Waals surface area contributed by atoms with Crippen LogP contribution in [-0.2, 0) is 14.6 Å². The second kappa shape index (κ2) is 5.80. The van der Waals surface area contributed by atoms with Crippen LogP contribution in [0.4, 0.5) is 0 Å². The summed E-state index contributed by atoms with van der Waals surface area (Å²) in [5, 5.41) is 9.02. The molecule has 0 aliphatic rings. The molecule has 1 rings (SSSR count). The van der Waals surface area contributed by atoms with Crippen LogP contribution in [0.1, 0.15) is 22.8 Å². The van der Waals surface area contributed by atoms with Crippen molar-refractivity contribution in [1.82, 2.24) is 0 Å². The summed E-state index contributed by atoms with van der Waals surface area (Å²) in [5.74, 6) is -3.40. The third-order valence-corrected chi connectivity index (χ3v) is 5.10. The highest BCUT2D eigenvalue weighted by atomic mass is 35.5. The van der Waals surface area contributed by atoms with Gasteiger partial charge in [-0.1, -0.05) is 18.5 Å². The van der Waals surface area contributed by atoms with Crippen molar-refractivity contribution in [2.45, 2.75) is 18.7 Å². The van der Waals surface area contributed by atoms with E-state index in [9.17, 15) is 18.0 Å². The molecule has 0 fully saturated rings. The zero-order chi connectivity index (χ0) is 15.7. The largest absolute Gasteiger partial charge is 0.478 e. The Hall–Kier alpha value is -1.60. The monoisotopic (exact) mass is 319 g/mol. The van der Waals surface area contributed by atoms with Crippen molar-refractivity contribution in [1.29, 1.82) is 0 Å². The first-order chi connectivity index (χ1) is 9.06. The predicted octanol–water partition coefficient (Wildman–Crippen LogP) is 1.24. The van der Waals surface area contributed by atoms with E-state index in [-0.39, 0.29) is 21.0 Å². The molecule has 1 aromatic rings. The van der Waals surface area contributed by atoms with E-state index >= 15 is 0 Å². The molecule has 6 nitrogen and oxygen atoms in total. The van der Waals surface area contributed by atoms with Gasteiger partial charge < -0.3 is 10.8 Å². The number of hydrogen-bond donors (Lipinski definition) is 2. The van der Waals surface area contributed by atoms with E-state index in [1.165, 1.54) is 26.0 Å². The van der Waals surface area contributed by atoms with Crippen LogP contribution >= 0.6 is 11.6 Å². The van der Waals surface area contributed by atoms with Crippen LogP contribution in [0.25, 0.3) is 0 Å². The second-order valence-corrected chi connectivity index (χ2v) is 6.91. The van der Waals surface area contributed by atoms with Crippen LogP contribution in [0.3, 0.4) is 0 Å². The molecule has 0 saturated carbocycles. The fraction of sp³-hybridized carbons (Fsp3) is 0.333. The molecule has 1 atom stereocenters. The minimum Gasteiger partial charge on any atom is -0.478 e. The summed E-state index contributed by atoms with van der Waals surface area (Å²) in [6.45, 7) is 2.76. The maximum absolute atomic E-state index is 12.2. The molecule has 0 bridgehead atoms. The predicted molar refractivity (Wildman–Crippen MR) is 73.6 cm³/mol. The molecule has 0 spiro atoms. The molecule has 0 saturated heterocycles. The maximum Gasteiger partial charge on any atom is 0.336 e. The lowest BCUT2D eigenvalue weighted by atomic mass is 10.1. The van der Waals surface area contributed by atoms with Gasteiger partial charge in [0.1, 0.15) is 0 Å². The van der Waals surface area contributed by atoms with Gasteiger partial charge in [-0.3, -0.25) is 4.79 Å². The summed E-state index contributed by atoms with van der Waals surface area (Å²) in [4.78, 5) is 21.8. The minimum atomic E-state index is -3.86. The van der Waals surface area contributed by atoms with Gasteiger partial charge in [-0.25, -0.2) is 13.2 Å². The number of nitrogens with two attached hydrogens (primary N) is 1. The van der Waals surface area contributed by atoms with Gasteiger partial charge in [-0.05, 0) is 24.6 Å². The average molecular weight is 320 g/mol. The van der Waals surface area contributed by atoms with Crippen molar-refractivity contribution in [3.63, 3.8) is 0 Å². The second-order valence-electron chi connectivity index (χ2n) is 4.47. The third-order valence-electron chi connectivity index (χ3n) is 2.85. The van der Waals surface area contributed by atoms with Crippen molar-refractivity contribution in [3.8, 4) is 0 Å². The van der Waals surface area contributed by atoms with Crippen molar-refractivity contribution in [2.24, 2.45) is 11.7 Å². The van der Waals surface area contributed by atoms with Gasteiger partial charge in [0.05, 0.1) is 16.2 Å². The number of aromatic carboxylic acids is 1. The van der Waals surface area contributed by atoms with Crippen LogP contribution in [-0.4, -0.2) is 31.2 Å². The number of benzene rings is 1. The molecule has 1 amide bonds. The highest BCUT2D eigenvalue weighted by molar-refractivity contribution is 7.91. The lowest BCUT2D eigenvalue weighted by molar-refractivity contribution is -0.120. The molecule has 1 unspecified atom stereocenters. The van der Waals surface area contributed by atoms with Gasteiger partial charge >= 0.3 is 5.97 Å². The Labute approximate surface area is 121 Å². The maximum atomic E-state index is 12.2. The quantitative estimate of drug-likeness (QED) is 0.847. The van der Waals surface area contributed by atoms with Gasteiger partial charge in [0.2, 0.25) is 5.91 Å². The molecule has 110 valence electrons. The Bertz CT molecular complexity index is 669. The van der Waals surface area contributed by atoms with E-state index in [1.807, 2.05) is 0 Å². The molecule has 20 heavy (non-hydrogen) atoms. The van der Waals surface area contributed by atoms with E-state index in [4.69, 9.17) is 22.4 Å². The number of halogens is 1. The first-order valence-corrected chi connectivity index (χ1v) is 7.64. The van der Waals surface area contributed by atoms with Gasteiger partial charge in [0, 0.05) is 10.9 Å². The molecule has 0 aliphatic heterocycles. The van der Waals surface area contributed by atoms with E-state index < -0.39 is 33.4 Å². The number of primary amides is 1. The summed E-state index contributed by atoms with van der Waals surface area (Å²) >= 11 is 5.75.